The molecule has 0 aliphatic carbocycles. The number of benzene rings is 3. The van der Waals surface area contributed by atoms with Crippen LogP contribution >= 0.6 is 35.0 Å². The molecule has 4 rings (SSSR count). The van der Waals surface area contributed by atoms with Gasteiger partial charge in [0.1, 0.15) is 10.6 Å². The lowest BCUT2D eigenvalue weighted by Crippen LogP contribution is -2.32. The van der Waals surface area contributed by atoms with Gasteiger partial charge in [0.2, 0.25) is 0 Å². The summed E-state index contributed by atoms with van der Waals surface area (Å²) in [4.78, 5) is 29.0. The van der Waals surface area contributed by atoms with Crippen molar-refractivity contribution >= 4 is 58.2 Å². The number of hydrogen-bond donors (Lipinski definition) is 1. The summed E-state index contributed by atoms with van der Waals surface area (Å²) in [6, 6.07) is 19.8. The number of para-hydroxylation sites is 1. The lowest BCUT2D eigenvalue weighted by Gasteiger charge is -2.16. The fourth-order valence-electron chi connectivity index (χ4n) is 3.38. The minimum Gasteiger partial charge on any atom is -0.350 e. The number of nitrogens with one attached hydrogen (secondary N) is 1. The number of carbonyl (C=O) groups excluding carboxylic acids is 2. The van der Waals surface area contributed by atoms with Gasteiger partial charge in [0.05, 0.1) is 10.7 Å². The Kier molecular flexibility index (Phi) is 6.10. The van der Waals surface area contributed by atoms with Gasteiger partial charge in [0, 0.05) is 15.6 Å². The van der Waals surface area contributed by atoms with Crippen molar-refractivity contribution in [3.05, 3.63) is 98.5 Å². The van der Waals surface area contributed by atoms with Crippen molar-refractivity contribution < 1.29 is 9.59 Å². The van der Waals surface area contributed by atoms with Gasteiger partial charge in [-0.25, -0.2) is 4.90 Å². The molecule has 1 aliphatic heterocycles. The summed E-state index contributed by atoms with van der Waals surface area (Å²) < 4.78 is 0. The summed E-state index contributed by atoms with van der Waals surface area (Å²) >= 11 is 13.5. The highest BCUT2D eigenvalue weighted by molar-refractivity contribution is 8.04. The lowest BCUT2D eigenvalue weighted by molar-refractivity contribution is -0.120. The molecule has 0 spiro atoms. The number of imide groups is 1. The molecule has 1 aliphatic rings. The zero-order valence-electron chi connectivity index (χ0n) is 16.8. The number of rotatable bonds is 5. The minimum absolute atomic E-state index is 0.217. The van der Waals surface area contributed by atoms with E-state index in [0.29, 0.717) is 20.6 Å². The zero-order valence-corrected chi connectivity index (χ0v) is 19.1. The van der Waals surface area contributed by atoms with Gasteiger partial charge < -0.3 is 5.32 Å². The van der Waals surface area contributed by atoms with Gasteiger partial charge in [-0.15, -0.1) is 0 Å². The van der Waals surface area contributed by atoms with Crippen molar-refractivity contribution in [3.8, 4) is 0 Å². The molecule has 156 valence electrons. The van der Waals surface area contributed by atoms with Crippen LogP contribution in [0, 0.1) is 13.8 Å². The summed E-state index contributed by atoms with van der Waals surface area (Å²) in [5.41, 5.74) is 3.41. The number of aryl methyl sites for hydroxylation is 2. The van der Waals surface area contributed by atoms with E-state index in [9.17, 15) is 9.59 Å². The molecule has 0 bridgehead atoms. The first-order valence-corrected chi connectivity index (χ1v) is 11.1. The number of hydrogen-bond acceptors (Lipinski definition) is 4. The highest BCUT2D eigenvalue weighted by Crippen LogP contribution is 2.40. The second-order valence-corrected chi connectivity index (χ2v) is 9.09. The number of anilines is 2. The van der Waals surface area contributed by atoms with Gasteiger partial charge in [-0.05, 0) is 73.5 Å². The van der Waals surface area contributed by atoms with Gasteiger partial charge in [-0.1, -0.05) is 53.2 Å². The van der Waals surface area contributed by atoms with Crippen LogP contribution in [0.3, 0.4) is 0 Å². The van der Waals surface area contributed by atoms with Crippen molar-refractivity contribution in [1.29, 1.82) is 0 Å². The largest absolute Gasteiger partial charge is 0.350 e. The van der Waals surface area contributed by atoms with Crippen molar-refractivity contribution in [1.82, 2.24) is 0 Å². The molecule has 3 aromatic carbocycles. The fourth-order valence-corrected chi connectivity index (χ4v) is 4.65. The Bertz CT molecular complexity index is 1200. The first kappa shape index (κ1) is 21.5. The smallest absolute Gasteiger partial charge is 0.283 e. The first-order valence-electron chi connectivity index (χ1n) is 9.50. The lowest BCUT2D eigenvalue weighted by atomic mass is 10.1. The Balaban J connectivity index is 1.78. The van der Waals surface area contributed by atoms with Crippen LogP contribution in [-0.4, -0.2) is 11.8 Å². The van der Waals surface area contributed by atoms with Crippen LogP contribution in [0.15, 0.2) is 82.2 Å². The molecule has 0 aromatic heterocycles. The van der Waals surface area contributed by atoms with Crippen LogP contribution in [-0.2, 0) is 9.59 Å². The molecule has 3 aromatic rings. The topological polar surface area (TPSA) is 49.4 Å². The molecular weight excluding hydrogens is 451 g/mol. The van der Waals surface area contributed by atoms with Crippen molar-refractivity contribution in [2.24, 2.45) is 0 Å². The molecule has 0 saturated carbocycles. The monoisotopic (exact) mass is 468 g/mol. The van der Waals surface area contributed by atoms with Crippen LogP contribution in [0.25, 0.3) is 0 Å². The van der Waals surface area contributed by atoms with E-state index in [1.54, 1.807) is 36.4 Å². The summed E-state index contributed by atoms with van der Waals surface area (Å²) in [6.45, 7) is 3.96. The van der Waals surface area contributed by atoms with Gasteiger partial charge in [0.15, 0.2) is 0 Å². The van der Waals surface area contributed by atoms with Crippen LogP contribution in [0.4, 0.5) is 11.4 Å². The fraction of sp³-hybridized carbons (Fsp3) is 0.0833. The Labute approximate surface area is 194 Å². The molecule has 0 unspecified atom stereocenters. The minimum atomic E-state index is -0.450. The average Bonchev–Trinajstić information content (AvgIpc) is 2.93. The normalized spacial score (nSPS) is 13.9. The van der Waals surface area contributed by atoms with Crippen molar-refractivity contribution in [3.63, 3.8) is 0 Å². The van der Waals surface area contributed by atoms with Crippen LogP contribution in [0.2, 0.25) is 10.0 Å². The quantitative estimate of drug-likeness (QED) is 0.428. The Morgan fingerprint density at radius 1 is 0.839 bits per heavy atom. The molecule has 4 nitrogen and oxygen atoms in total. The maximum Gasteiger partial charge on any atom is 0.283 e. The first-order chi connectivity index (χ1) is 14.8. The third-order valence-electron chi connectivity index (χ3n) is 4.66. The predicted molar refractivity (Wildman–Crippen MR) is 128 cm³/mol. The summed E-state index contributed by atoms with van der Waals surface area (Å²) in [5, 5.41) is 4.10. The molecule has 7 heteroatoms. The predicted octanol–water partition coefficient (Wildman–Crippen LogP) is 6.60. The van der Waals surface area contributed by atoms with Gasteiger partial charge >= 0.3 is 0 Å². The number of amides is 2. The van der Waals surface area contributed by atoms with E-state index >= 15 is 0 Å². The SMILES string of the molecule is Cc1cc(C)cc(NC2=C(Sc3ccc(Cl)cc3)C(=O)N(c3ccccc3Cl)C2=O)c1. The molecule has 0 fully saturated rings. The van der Waals surface area contributed by atoms with Crippen LogP contribution in [0.1, 0.15) is 11.1 Å². The third kappa shape index (κ3) is 4.49. The van der Waals surface area contributed by atoms with E-state index in [0.717, 1.165) is 26.6 Å². The second-order valence-electron chi connectivity index (χ2n) is 7.16. The second kappa shape index (κ2) is 8.79. The summed E-state index contributed by atoms with van der Waals surface area (Å²) in [5.74, 6) is -0.876. The van der Waals surface area contributed by atoms with Crippen LogP contribution in [0.5, 0.6) is 0 Å². The molecule has 1 heterocycles. The molecule has 0 radical (unpaired) electrons. The molecular formula is C24H18Cl2N2O2S. The molecule has 31 heavy (non-hydrogen) atoms. The molecule has 0 saturated heterocycles. The standard InChI is InChI=1S/C24H18Cl2N2O2S/c1-14-11-15(2)13-17(12-14)27-21-22(31-18-9-7-16(25)8-10-18)24(30)28(23(21)29)20-6-4-3-5-19(20)26/h3-13,27H,1-2H3. The Morgan fingerprint density at radius 3 is 2.13 bits per heavy atom. The number of carbonyl (C=O) groups is 2. The highest BCUT2D eigenvalue weighted by atomic mass is 35.5. The maximum absolute atomic E-state index is 13.4. The van der Waals surface area contributed by atoms with Gasteiger partial charge in [0.25, 0.3) is 11.8 Å². The number of halogens is 2. The number of nitrogens with zero attached hydrogens (tertiary/aromatic N) is 1. The van der Waals surface area contributed by atoms with E-state index in [-0.39, 0.29) is 5.70 Å². The van der Waals surface area contributed by atoms with Gasteiger partial charge in [-0.3, -0.25) is 9.59 Å². The zero-order chi connectivity index (χ0) is 22.1. The maximum atomic E-state index is 13.4. The average molecular weight is 469 g/mol. The van der Waals surface area contributed by atoms with E-state index in [2.05, 4.69) is 5.32 Å². The highest BCUT2D eigenvalue weighted by Gasteiger charge is 2.41. The van der Waals surface area contributed by atoms with E-state index < -0.39 is 11.8 Å². The van der Waals surface area contributed by atoms with E-state index in [1.807, 2.05) is 44.2 Å². The molecule has 1 N–H and O–H groups in total. The Hall–Kier alpha value is -2.73. The summed E-state index contributed by atoms with van der Waals surface area (Å²) in [7, 11) is 0. The number of thioether (sulfide) groups is 1. The van der Waals surface area contributed by atoms with Gasteiger partial charge in [-0.2, -0.15) is 0 Å². The summed E-state index contributed by atoms with van der Waals surface area (Å²) in [6.07, 6.45) is 0. The van der Waals surface area contributed by atoms with E-state index in [4.69, 9.17) is 23.2 Å². The third-order valence-corrected chi connectivity index (χ3v) is 6.32. The van der Waals surface area contributed by atoms with E-state index in [1.165, 1.54) is 11.8 Å². The van der Waals surface area contributed by atoms with Crippen molar-refractivity contribution in [2.45, 2.75) is 18.7 Å². The van der Waals surface area contributed by atoms with Crippen molar-refractivity contribution in [2.75, 3.05) is 10.2 Å². The Morgan fingerprint density at radius 2 is 1.48 bits per heavy atom. The molecule has 0 atom stereocenters. The van der Waals surface area contributed by atoms with Crippen LogP contribution < -0.4 is 10.2 Å². The molecule has 2 amide bonds.